The van der Waals surface area contributed by atoms with Crippen LogP contribution in [0.4, 0.5) is 0 Å². The molecule has 0 saturated carbocycles. The molecule has 1 N–H and O–H groups in total. The van der Waals surface area contributed by atoms with Gasteiger partial charge >= 0.3 is 11.9 Å². The monoisotopic (exact) mass is 1140 g/mol. The number of rotatable bonds is 19. The summed E-state index contributed by atoms with van der Waals surface area (Å²) in [4.78, 5) is 55.2. The Hall–Kier alpha value is -7.74. The third-order valence-corrected chi connectivity index (χ3v) is 18.1. The van der Waals surface area contributed by atoms with Crippen molar-refractivity contribution in [2.24, 2.45) is 0 Å². The van der Waals surface area contributed by atoms with Crippen molar-refractivity contribution in [1.82, 2.24) is 49.1 Å². The Labute approximate surface area is 461 Å². The molecule has 0 aliphatic carbocycles. The molecule has 4 aromatic carbocycles. The van der Waals surface area contributed by atoms with E-state index in [1.807, 2.05) is 80.3 Å². The van der Waals surface area contributed by atoms with Gasteiger partial charge in [0, 0.05) is 52.6 Å². The van der Waals surface area contributed by atoms with Gasteiger partial charge in [0.25, 0.3) is 0 Å². The van der Waals surface area contributed by atoms with Gasteiger partial charge in [-0.2, -0.15) is 10.2 Å². The summed E-state index contributed by atoms with van der Waals surface area (Å²) in [6, 6.07) is 21.4. The van der Waals surface area contributed by atoms with Gasteiger partial charge in [0.05, 0.1) is 69.6 Å². The Bertz CT molecular complexity index is 4100. The predicted molar refractivity (Wildman–Crippen MR) is 300 cm³/mol. The van der Waals surface area contributed by atoms with E-state index >= 15 is 0 Å². The van der Waals surface area contributed by atoms with E-state index in [4.69, 9.17) is 58.7 Å². The van der Waals surface area contributed by atoms with Crippen molar-refractivity contribution in [3.63, 3.8) is 0 Å². The van der Waals surface area contributed by atoms with E-state index in [0.29, 0.717) is 57.6 Å². The second-order valence-electron chi connectivity index (χ2n) is 18.1. The Morgan fingerprint density at radius 1 is 0.623 bits per heavy atom. The summed E-state index contributed by atoms with van der Waals surface area (Å²) in [5.41, 5.74) is 6.09. The predicted octanol–water partition coefficient (Wildman–Crippen LogP) is 12.8. The summed E-state index contributed by atoms with van der Waals surface area (Å²) in [6.45, 7) is 6.26. The molecule has 12 rings (SSSR count). The molecule has 8 aromatic heterocycles. The molecule has 8 heterocycles. The lowest BCUT2D eigenvalue weighted by atomic mass is 10.0. The first-order valence-electron chi connectivity index (χ1n) is 23.8. The Kier molecular flexibility index (Phi) is 13.4. The molecule has 12 aromatic rings. The van der Waals surface area contributed by atoms with Gasteiger partial charge in [-0.25, -0.2) is 48.5 Å². The van der Waals surface area contributed by atoms with Crippen molar-refractivity contribution < 1.29 is 38.4 Å². The van der Waals surface area contributed by atoms with Crippen LogP contribution in [0.25, 0.3) is 72.9 Å². The normalized spacial score (nSPS) is 11.9. The number of carboxylic acids is 1. The lowest BCUT2D eigenvalue weighted by molar-refractivity contribution is -0.00523. The minimum absolute atomic E-state index is 0.216. The number of aromatic nitrogens is 10. The molecule has 0 unspecified atom stereocenters. The molecule has 0 amide bonds. The Morgan fingerprint density at radius 3 is 1.65 bits per heavy atom. The maximum atomic E-state index is 13.4. The van der Waals surface area contributed by atoms with Crippen LogP contribution in [0, 0.1) is 6.92 Å². The van der Waals surface area contributed by atoms with Crippen molar-refractivity contribution in [1.29, 1.82) is 0 Å². The van der Waals surface area contributed by atoms with Crippen LogP contribution in [-0.2, 0) is 24.4 Å². The number of fused-ring (bicyclic) bond motifs is 4. The van der Waals surface area contributed by atoms with Gasteiger partial charge in [-0.1, -0.05) is 46.9 Å². The van der Waals surface area contributed by atoms with E-state index in [-0.39, 0.29) is 18.8 Å². The second-order valence-corrected chi connectivity index (χ2v) is 24.1. The zero-order chi connectivity index (χ0) is 53.0. The van der Waals surface area contributed by atoms with E-state index in [1.54, 1.807) is 59.6 Å². The first-order chi connectivity index (χ1) is 37.3. The number of ether oxygens (including phenoxy) is 5. The van der Waals surface area contributed by atoms with Crippen LogP contribution in [0.2, 0.25) is 0 Å². The SMILES string of the molecule is COc1cc(OCc2csc(-c3ccc(C(=O)OC(C)(C)CCCc4nn5cc(-c6nc7cc(OC)cc(OCc8csc(-c9ccc(C(=O)O)cc9)n8)c7s6)nc5s4)cc3)n2)c2sc(-c3cn4nc(C)sc4n3)nc2c1. The van der Waals surface area contributed by atoms with Gasteiger partial charge in [0.2, 0.25) is 9.92 Å². The van der Waals surface area contributed by atoms with Crippen molar-refractivity contribution >= 4 is 110 Å². The molecule has 0 atom stereocenters. The van der Waals surface area contributed by atoms with Crippen molar-refractivity contribution in [2.75, 3.05) is 14.2 Å². The summed E-state index contributed by atoms with van der Waals surface area (Å²) >= 11 is 8.98. The van der Waals surface area contributed by atoms with Crippen molar-refractivity contribution in [3.05, 3.63) is 128 Å². The third kappa shape index (κ3) is 10.6. The second kappa shape index (κ2) is 20.7. The van der Waals surface area contributed by atoms with Crippen LogP contribution in [0.15, 0.2) is 96.0 Å². The van der Waals surface area contributed by atoms with Crippen LogP contribution in [0.3, 0.4) is 0 Å². The summed E-state index contributed by atoms with van der Waals surface area (Å²) in [5.74, 6) is 1.13. The first kappa shape index (κ1) is 50.1. The molecule has 0 bridgehead atoms. The number of methoxy groups -OCH3 is 2. The largest absolute Gasteiger partial charge is 0.497 e. The van der Waals surface area contributed by atoms with Gasteiger partial charge in [-0.15, -0.1) is 45.3 Å². The number of carbonyl (C=O) groups excluding carboxylic acids is 1. The van der Waals surface area contributed by atoms with Gasteiger partial charge < -0.3 is 28.8 Å². The number of thiazole rings is 4. The number of benzene rings is 4. The summed E-state index contributed by atoms with van der Waals surface area (Å²) in [7, 11) is 3.22. The summed E-state index contributed by atoms with van der Waals surface area (Å²) in [5, 5.41) is 27.4. The highest BCUT2D eigenvalue weighted by Gasteiger charge is 2.25. The fraction of sp³-hybridized carbons (Fsp3) is 0.208. The molecule has 0 radical (unpaired) electrons. The molecule has 77 heavy (non-hydrogen) atoms. The minimum atomic E-state index is -0.973. The van der Waals surface area contributed by atoms with Crippen LogP contribution in [-0.4, -0.2) is 86.0 Å². The van der Waals surface area contributed by atoms with E-state index < -0.39 is 17.5 Å². The zero-order valence-electron chi connectivity index (χ0n) is 41.5. The van der Waals surface area contributed by atoms with Crippen LogP contribution >= 0.6 is 68.0 Å². The lowest BCUT2D eigenvalue weighted by Gasteiger charge is -2.25. The number of hydrogen-bond acceptors (Lipinski definition) is 21. The highest BCUT2D eigenvalue weighted by atomic mass is 32.1. The van der Waals surface area contributed by atoms with E-state index in [2.05, 4.69) is 5.10 Å². The van der Waals surface area contributed by atoms with Crippen molar-refractivity contribution in [2.45, 2.75) is 58.8 Å². The number of aromatic carboxylic acids is 1. The molecule has 0 aliphatic rings. The molecule has 18 nitrogen and oxygen atoms in total. The van der Waals surface area contributed by atoms with E-state index in [9.17, 15) is 14.7 Å². The smallest absolute Gasteiger partial charge is 0.338 e. The van der Waals surface area contributed by atoms with E-state index in [0.717, 1.165) is 84.5 Å². The van der Waals surface area contributed by atoms with Gasteiger partial charge in [-0.05, 0) is 57.9 Å². The molecular formula is C53H42N10O8S6. The highest BCUT2D eigenvalue weighted by molar-refractivity contribution is 7.22. The molecule has 0 fully saturated rings. The quantitative estimate of drug-likeness (QED) is 0.0746. The molecule has 24 heteroatoms. The number of carboxylic acid groups (broad SMARTS) is 1. The fourth-order valence-corrected chi connectivity index (χ4v) is 13.5. The Morgan fingerprint density at radius 2 is 1.14 bits per heavy atom. The summed E-state index contributed by atoms with van der Waals surface area (Å²) in [6.07, 6.45) is 5.84. The van der Waals surface area contributed by atoms with E-state index in [1.165, 1.54) is 68.0 Å². The zero-order valence-corrected chi connectivity index (χ0v) is 46.4. The molecule has 0 aliphatic heterocycles. The fourth-order valence-electron chi connectivity index (χ4n) is 8.32. The number of esters is 1. The standard InChI is InChI=1S/C53H42N10O8S6/c1-27-60-62-21-38(58-51(62)74-27)47-56-36-17-34(67-4)19-40(43(36)76-47)70-24-33-26-73-46(55-33)29-10-14-31(15-11-29)50(66)71-53(2,3)16-6-7-42-61-63-22-39(59-52(63)75-42)48-57-37-18-35(68-5)20-41(44(37)77-48)69-23-32-25-72-45(54-32)28-8-12-30(13-9-28)49(64)65/h8-15,17-22,25-26H,6-7,16,23-24H2,1-5H3,(H,64,65). The first-order valence-corrected chi connectivity index (χ1v) is 28.8. The van der Waals surface area contributed by atoms with Gasteiger partial charge in [0.1, 0.15) is 83.2 Å². The highest BCUT2D eigenvalue weighted by Crippen LogP contribution is 2.41. The number of hydrogen-bond donors (Lipinski definition) is 1. The summed E-state index contributed by atoms with van der Waals surface area (Å²) < 4.78 is 35.1. The molecule has 388 valence electrons. The van der Waals surface area contributed by atoms with Crippen LogP contribution in [0.1, 0.15) is 68.8 Å². The average Bonchev–Trinajstić information content (AvgIpc) is 4.29. The molecular weight excluding hydrogens is 1100 g/mol. The maximum Gasteiger partial charge on any atom is 0.338 e. The lowest BCUT2D eigenvalue weighted by Crippen LogP contribution is -2.28. The molecule has 0 spiro atoms. The minimum Gasteiger partial charge on any atom is -0.497 e. The number of carbonyl (C=O) groups is 2. The van der Waals surface area contributed by atoms with Crippen molar-refractivity contribution in [3.8, 4) is 65.5 Å². The Balaban J connectivity index is 0.635. The third-order valence-electron chi connectivity index (χ3n) is 12.1. The van der Waals surface area contributed by atoms with Gasteiger partial charge in [0.15, 0.2) is 0 Å². The number of aryl methyl sites for hydroxylation is 2. The topological polar surface area (TPSA) is 212 Å². The number of nitrogens with zero attached hydrogens (tertiary/aromatic N) is 10. The number of imidazole rings is 2. The molecule has 0 saturated heterocycles. The van der Waals surface area contributed by atoms with Crippen LogP contribution in [0.5, 0.6) is 23.0 Å². The maximum absolute atomic E-state index is 13.4. The van der Waals surface area contributed by atoms with Gasteiger partial charge in [-0.3, -0.25) is 0 Å². The average molecular weight is 1140 g/mol. The van der Waals surface area contributed by atoms with Crippen LogP contribution < -0.4 is 18.9 Å².